The van der Waals surface area contributed by atoms with Crippen LogP contribution < -0.4 is 4.90 Å². The van der Waals surface area contributed by atoms with Crippen molar-refractivity contribution in [1.29, 1.82) is 0 Å². The Kier molecular flexibility index (Phi) is 3.33. The first-order valence-electron chi connectivity index (χ1n) is 6.28. The van der Waals surface area contributed by atoms with Gasteiger partial charge in [0.1, 0.15) is 0 Å². The lowest BCUT2D eigenvalue weighted by atomic mass is 9.99. The van der Waals surface area contributed by atoms with E-state index in [2.05, 4.69) is 23.3 Å². The third-order valence-electron chi connectivity index (χ3n) is 3.70. The summed E-state index contributed by atoms with van der Waals surface area (Å²) >= 11 is 7.78. The number of nitrogens with zero attached hydrogens (tertiary/aromatic N) is 1. The Morgan fingerprint density at radius 2 is 2.26 bits per heavy atom. The van der Waals surface area contributed by atoms with Gasteiger partial charge in [-0.15, -0.1) is 11.3 Å². The van der Waals surface area contributed by atoms with Crippen LogP contribution in [-0.2, 0) is 6.42 Å². The van der Waals surface area contributed by atoms with Crippen molar-refractivity contribution >= 4 is 34.9 Å². The Bertz CT molecular complexity index is 622. The molecule has 1 aromatic carbocycles. The maximum Gasteiger partial charge on any atom is 0.152 e. The molecule has 4 heteroatoms. The van der Waals surface area contributed by atoms with Crippen molar-refractivity contribution in [3.05, 3.63) is 50.7 Å². The molecule has 1 aliphatic rings. The van der Waals surface area contributed by atoms with Crippen molar-refractivity contribution in [3.8, 4) is 0 Å². The molecule has 0 N–H and O–H groups in total. The van der Waals surface area contributed by atoms with Crippen molar-refractivity contribution < 1.29 is 4.79 Å². The summed E-state index contributed by atoms with van der Waals surface area (Å²) in [4.78, 5) is 15.0. The summed E-state index contributed by atoms with van der Waals surface area (Å²) < 4.78 is 0. The summed E-state index contributed by atoms with van der Waals surface area (Å²) in [6.07, 6.45) is 1.93. The molecular formula is C15H14ClNOS. The van der Waals surface area contributed by atoms with E-state index in [-0.39, 0.29) is 0 Å². The maximum atomic E-state index is 11.2. The zero-order valence-electron chi connectivity index (χ0n) is 10.6. The van der Waals surface area contributed by atoms with Crippen molar-refractivity contribution in [3.63, 3.8) is 0 Å². The van der Waals surface area contributed by atoms with Crippen molar-refractivity contribution in [2.75, 3.05) is 11.4 Å². The highest BCUT2D eigenvalue weighted by atomic mass is 35.5. The largest absolute Gasteiger partial charge is 0.364 e. The van der Waals surface area contributed by atoms with E-state index in [1.54, 1.807) is 6.07 Å². The highest BCUT2D eigenvalue weighted by molar-refractivity contribution is 7.10. The summed E-state index contributed by atoms with van der Waals surface area (Å²) in [6.45, 7) is 3.13. The zero-order valence-corrected chi connectivity index (χ0v) is 12.2. The highest BCUT2D eigenvalue weighted by Gasteiger charge is 2.26. The second-order valence-electron chi connectivity index (χ2n) is 4.74. The molecule has 1 aliphatic heterocycles. The molecule has 0 saturated carbocycles. The predicted molar refractivity (Wildman–Crippen MR) is 80.6 cm³/mol. The van der Waals surface area contributed by atoms with Crippen LogP contribution in [0.5, 0.6) is 0 Å². The predicted octanol–water partition coefficient (Wildman–Crippen LogP) is 4.34. The van der Waals surface area contributed by atoms with Crippen molar-refractivity contribution in [1.82, 2.24) is 0 Å². The van der Waals surface area contributed by atoms with Gasteiger partial charge in [-0.1, -0.05) is 11.6 Å². The van der Waals surface area contributed by atoms with E-state index in [9.17, 15) is 4.79 Å². The molecule has 1 unspecified atom stereocenters. The van der Waals surface area contributed by atoms with E-state index in [1.165, 1.54) is 10.4 Å². The van der Waals surface area contributed by atoms with Gasteiger partial charge in [0, 0.05) is 27.7 Å². The molecule has 2 heterocycles. The molecule has 0 bridgehead atoms. The van der Waals surface area contributed by atoms with Gasteiger partial charge in [0.15, 0.2) is 6.29 Å². The number of hydrogen-bond donors (Lipinski definition) is 0. The number of carbonyl (C=O) groups is 1. The van der Waals surface area contributed by atoms with E-state index >= 15 is 0 Å². The van der Waals surface area contributed by atoms with Crippen LogP contribution in [0, 0.1) is 0 Å². The van der Waals surface area contributed by atoms with Crippen LogP contribution in [-0.4, -0.2) is 12.8 Å². The molecule has 0 aliphatic carbocycles. The molecule has 19 heavy (non-hydrogen) atoms. The van der Waals surface area contributed by atoms with Gasteiger partial charge in [0.2, 0.25) is 0 Å². The van der Waals surface area contributed by atoms with Crippen LogP contribution in [0.15, 0.2) is 29.6 Å². The fourth-order valence-electron chi connectivity index (χ4n) is 2.72. The van der Waals surface area contributed by atoms with Crippen LogP contribution >= 0.6 is 22.9 Å². The number of fused-ring (bicyclic) bond motifs is 1. The molecule has 98 valence electrons. The number of rotatable bonds is 2. The number of halogens is 1. The van der Waals surface area contributed by atoms with Crippen molar-refractivity contribution in [2.45, 2.75) is 19.4 Å². The number of carbonyl (C=O) groups excluding carboxylic acids is 1. The summed E-state index contributed by atoms with van der Waals surface area (Å²) in [5.41, 5.74) is 3.02. The number of hydrogen-bond acceptors (Lipinski definition) is 3. The molecule has 0 spiro atoms. The number of aldehydes is 1. The van der Waals surface area contributed by atoms with Crippen LogP contribution in [0.4, 0.5) is 5.69 Å². The molecule has 1 atom stereocenters. The van der Waals surface area contributed by atoms with Gasteiger partial charge in [-0.05, 0) is 48.6 Å². The van der Waals surface area contributed by atoms with Gasteiger partial charge >= 0.3 is 0 Å². The average molecular weight is 292 g/mol. The van der Waals surface area contributed by atoms with Crippen LogP contribution in [0.1, 0.15) is 33.8 Å². The lowest BCUT2D eigenvalue weighted by Gasteiger charge is -2.36. The molecule has 0 saturated heterocycles. The van der Waals surface area contributed by atoms with Gasteiger partial charge in [0.25, 0.3) is 0 Å². The van der Waals surface area contributed by atoms with E-state index in [1.807, 2.05) is 23.5 Å². The molecular weight excluding hydrogens is 278 g/mol. The normalized spacial score (nSPS) is 18.2. The number of thiophene rings is 1. The number of anilines is 1. The minimum atomic E-state index is 0.301. The van der Waals surface area contributed by atoms with Crippen LogP contribution in [0.25, 0.3) is 0 Å². The van der Waals surface area contributed by atoms with Gasteiger partial charge < -0.3 is 4.90 Å². The molecule has 2 aromatic rings. The first-order chi connectivity index (χ1) is 9.20. The lowest BCUT2D eigenvalue weighted by Crippen LogP contribution is -2.33. The summed E-state index contributed by atoms with van der Waals surface area (Å²) in [6, 6.07) is 8.02. The van der Waals surface area contributed by atoms with Crippen LogP contribution in [0.2, 0.25) is 5.02 Å². The second-order valence-corrected chi connectivity index (χ2v) is 6.18. The zero-order chi connectivity index (χ0) is 13.4. The first-order valence-corrected chi connectivity index (χ1v) is 7.54. The van der Waals surface area contributed by atoms with E-state index in [0.29, 0.717) is 16.6 Å². The molecule has 2 nitrogen and oxygen atoms in total. The third-order valence-corrected chi connectivity index (χ3v) is 4.93. The smallest absolute Gasteiger partial charge is 0.152 e. The van der Waals surface area contributed by atoms with Crippen molar-refractivity contribution in [2.24, 2.45) is 0 Å². The van der Waals surface area contributed by atoms with E-state index in [4.69, 9.17) is 11.6 Å². The second kappa shape index (κ2) is 4.99. The fourth-order valence-corrected chi connectivity index (χ4v) is 3.86. The lowest BCUT2D eigenvalue weighted by molar-refractivity contribution is 0.112. The molecule has 1 aromatic heterocycles. The molecule has 3 rings (SSSR count). The summed E-state index contributed by atoms with van der Waals surface area (Å²) in [5.74, 6) is 0. The summed E-state index contributed by atoms with van der Waals surface area (Å²) in [5, 5.41) is 2.75. The SMILES string of the molecule is CC1c2ccsc2CCN1c1ccc(Cl)cc1C=O. The Hall–Kier alpha value is -1.32. The Morgan fingerprint density at radius 3 is 3.05 bits per heavy atom. The quantitative estimate of drug-likeness (QED) is 0.767. The standard InChI is InChI=1S/C15H14ClNOS/c1-10-13-5-7-19-15(13)4-6-17(10)14-3-2-12(16)8-11(14)9-18/h2-3,5,7-10H,4,6H2,1H3. The Labute approximate surface area is 121 Å². The number of benzene rings is 1. The topological polar surface area (TPSA) is 20.3 Å². The van der Waals surface area contributed by atoms with Gasteiger partial charge in [-0.2, -0.15) is 0 Å². The van der Waals surface area contributed by atoms with Crippen LogP contribution in [0.3, 0.4) is 0 Å². The Balaban J connectivity index is 2.02. The highest BCUT2D eigenvalue weighted by Crippen LogP contribution is 2.37. The first kappa shape index (κ1) is 12.7. The minimum Gasteiger partial charge on any atom is -0.364 e. The third kappa shape index (κ3) is 2.17. The Morgan fingerprint density at radius 1 is 1.42 bits per heavy atom. The monoisotopic (exact) mass is 291 g/mol. The maximum absolute atomic E-state index is 11.2. The molecule has 0 fully saturated rings. The molecule has 0 radical (unpaired) electrons. The molecule has 0 amide bonds. The van der Waals surface area contributed by atoms with Gasteiger partial charge in [-0.25, -0.2) is 0 Å². The van der Waals surface area contributed by atoms with E-state index < -0.39 is 0 Å². The average Bonchev–Trinajstić information content (AvgIpc) is 2.89. The van der Waals surface area contributed by atoms with E-state index in [0.717, 1.165) is 24.9 Å². The summed E-state index contributed by atoms with van der Waals surface area (Å²) in [7, 11) is 0. The minimum absolute atomic E-state index is 0.301. The fraction of sp³-hybridized carbons (Fsp3) is 0.267. The van der Waals surface area contributed by atoms with Gasteiger partial charge in [-0.3, -0.25) is 4.79 Å². The van der Waals surface area contributed by atoms with Gasteiger partial charge in [0.05, 0.1) is 6.04 Å².